The summed E-state index contributed by atoms with van der Waals surface area (Å²) in [6, 6.07) is 11.2. The Kier molecular flexibility index (Phi) is 5.76. The molecule has 0 bridgehead atoms. The molecule has 2 N–H and O–H groups in total. The molecular weight excluding hydrogens is 326 g/mol. The quantitative estimate of drug-likeness (QED) is 0.751. The van der Waals surface area contributed by atoms with Gasteiger partial charge < -0.3 is 15.2 Å². The van der Waals surface area contributed by atoms with Gasteiger partial charge in [0.05, 0.1) is 10.7 Å². The van der Waals surface area contributed by atoms with E-state index in [2.05, 4.69) is 30.3 Å². The number of hydrogen-bond donors (Lipinski definition) is 2. The van der Waals surface area contributed by atoms with Crippen LogP contribution in [0, 0.1) is 0 Å². The van der Waals surface area contributed by atoms with Gasteiger partial charge in [0.25, 0.3) is 0 Å². The van der Waals surface area contributed by atoms with Crippen LogP contribution in [-0.2, 0) is 0 Å². The van der Waals surface area contributed by atoms with E-state index in [1.807, 2.05) is 36.4 Å². The molecule has 3 heterocycles. The van der Waals surface area contributed by atoms with Crippen molar-refractivity contribution in [2.45, 2.75) is 12.8 Å². The average Bonchev–Trinajstić information content (AvgIpc) is 3.34. The van der Waals surface area contributed by atoms with E-state index in [9.17, 15) is 0 Å². The third kappa shape index (κ3) is 4.53. The molecule has 0 aliphatic carbocycles. The van der Waals surface area contributed by atoms with Gasteiger partial charge in [-0.2, -0.15) is 4.98 Å². The van der Waals surface area contributed by atoms with Gasteiger partial charge >= 0.3 is 0 Å². The molecule has 2 aromatic heterocycles. The predicted octanol–water partition coefficient (Wildman–Crippen LogP) is 3.90. The molecule has 1 aliphatic heterocycles. The molecule has 1 aliphatic rings. The summed E-state index contributed by atoms with van der Waals surface area (Å²) in [5.41, 5.74) is 1.60. The van der Waals surface area contributed by atoms with Crippen molar-refractivity contribution in [3.8, 4) is 11.4 Å². The number of rotatable bonds is 3. The van der Waals surface area contributed by atoms with Crippen molar-refractivity contribution in [1.82, 2.24) is 20.4 Å². The monoisotopic (exact) mass is 343 g/mol. The first-order valence-electron chi connectivity index (χ1n) is 7.78. The van der Waals surface area contributed by atoms with Crippen LogP contribution < -0.4 is 10.6 Å². The number of nitrogens with one attached hydrogen (secondary N) is 2. The SMILES string of the molecule is C1CCNC1.Clc1ccccc1Nc1ccc(-c2ncon2)cn1. The van der Waals surface area contributed by atoms with Crippen LogP contribution in [0.3, 0.4) is 0 Å². The number of para-hydroxylation sites is 1. The predicted molar refractivity (Wildman–Crippen MR) is 94.4 cm³/mol. The molecule has 124 valence electrons. The fraction of sp³-hybridized carbons (Fsp3) is 0.235. The molecule has 1 saturated heterocycles. The number of nitrogens with zero attached hydrogens (tertiary/aromatic N) is 3. The highest BCUT2D eigenvalue weighted by atomic mass is 35.5. The van der Waals surface area contributed by atoms with Gasteiger partial charge in [-0.25, -0.2) is 4.98 Å². The second-order valence-electron chi connectivity index (χ2n) is 5.25. The summed E-state index contributed by atoms with van der Waals surface area (Å²) in [5.74, 6) is 1.21. The number of pyridine rings is 1. The lowest BCUT2D eigenvalue weighted by Crippen LogP contribution is -2.03. The smallest absolute Gasteiger partial charge is 0.214 e. The minimum absolute atomic E-state index is 0.511. The molecule has 6 nitrogen and oxygen atoms in total. The summed E-state index contributed by atoms with van der Waals surface area (Å²) in [5, 5.41) is 10.8. The second kappa shape index (κ2) is 8.42. The summed E-state index contributed by atoms with van der Waals surface area (Å²) in [4.78, 5) is 8.23. The Bertz CT molecular complexity index is 734. The molecule has 1 aromatic carbocycles. The highest BCUT2D eigenvalue weighted by molar-refractivity contribution is 6.33. The van der Waals surface area contributed by atoms with Gasteiger partial charge in [0.1, 0.15) is 5.82 Å². The molecular formula is C17H18ClN5O. The zero-order chi connectivity index (χ0) is 16.6. The average molecular weight is 344 g/mol. The second-order valence-corrected chi connectivity index (χ2v) is 5.66. The first-order chi connectivity index (χ1) is 11.8. The lowest BCUT2D eigenvalue weighted by Gasteiger charge is -2.07. The Morgan fingerprint density at radius 3 is 2.46 bits per heavy atom. The first-order valence-corrected chi connectivity index (χ1v) is 8.16. The Morgan fingerprint density at radius 2 is 1.88 bits per heavy atom. The van der Waals surface area contributed by atoms with Gasteiger partial charge in [0, 0.05) is 11.8 Å². The molecule has 0 atom stereocenters. The van der Waals surface area contributed by atoms with Crippen LogP contribution >= 0.6 is 11.6 Å². The van der Waals surface area contributed by atoms with Crippen LogP contribution in [0.4, 0.5) is 11.5 Å². The van der Waals surface area contributed by atoms with Crippen LogP contribution in [0.5, 0.6) is 0 Å². The van der Waals surface area contributed by atoms with Crippen LogP contribution in [-0.4, -0.2) is 28.2 Å². The van der Waals surface area contributed by atoms with Crippen molar-refractivity contribution in [3.63, 3.8) is 0 Å². The van der Waals surface area contributed by atoms with E-state index in [1.165, 1.54) is 32.3 Å². The Morgan fingerprint density at radius 1 is 1.04 bits per heavy atom. The minimum atomic E-state index is 0.511. The van der Waals surface area contributed by atoms with Gasteiger partial charge in [-0.05, 0) is 50.2 Å². The van der Waals surface area contributed by atoms with E-state index in [-0.39, 0.29) is 0 Å². The van der Waals surface area contributed by atoms with Gasteiger partial charge in [-0.1, -0.05) is 28.9 Å². The molecule has 24 heavy (non-hydrogen) atoms. The molecule has 0 saturated carbocycles. The number of hydrogen-bond acceptors (Lipinski definition) is 6. The molecule has 0 radical (unpaired) electrons. The molecule has 0 unspecified atom stereocenters. The lowest BCUT2D eigenvalue weighted by molar-refractivity contribution is 0.418. The Labute approximate surface area is 145 Å². The van der Waals surface area contributed by atoms with Crippen molar-refractivity contribution in [3.05, 3.63) is 54.0 Å². The maximum Gasteiger partial charge on any atom is 0.214 e. The topological polar surface area (TPSA) is 75.9 Å². The maximum atomic E-state index is 6.06. The third-order valence-corrected chi connectivity index (χ3v) is 3.81. The number of aromatic nitrogens is 3. The van der Waals surface area contributed by atoms with Gasteiger partial charge in [-0.3, -0.25) is 0 Å². The molecule has 0 spiro atoms. The molecule has 4 rings (SSSR count). The molecule has 1 fully saturated rings. The molecule has 0 amide bonds. The normalized spacial score (nSPS) is 13.2. The van der Waals surface area contributed by atoms with E-state index in [1.54, 1.807) is 6.20 Å². The van der Waals surface area contributed by atoms with Crippen molar-refractivity contribution in [1.29, 1.82) is 0 Å². The zero-order valence-electron chi connectivity index (χ0n) is 13.1. The van der Waals surface area contributed by atoms with E-state index in [4.69, 9.17) is 11.6 Å². The fourth-order valence-corrected chi connectivity index (χ4v) is 2.41. The summed E-state index contributed by atoms with van der Waals surface area (Å²) < 4.78 is 4.69. The van der Waals surface area contributed by atoms with E-state index in [0.29, 0.717) is 16.7 Å². The van der Waals surface area contributed by atoms with E-state index in [0.717, 1.165) is 11.3 Å². The Hall–Kier alpha value is -2.44. The maximum absolute atomic E-state index is 6.06. The van der Waals surface area contributed by atoms with E-state index < -0.39 is 0 Å². The summed E-state index contributed by atoms with van der Waals surface area (Å²) in [7, 11) is 0. The van der Waals surface area contributed by atoms with Crippen molar-refractivity contribution >= 4 is 23.1 Å². The fourth-order valence-electron chi connectivity index (χ4n) is 2.22. The highest BCUT2D eigenvalue weighted by Gasteiger charge is 2.04. The zero-order valence-corrected chi connectivity index (χ0v) is 13.8. The molecule has 7 heteroatoms. The summed E-state index contributed by atoms with van der Waals surface area (Å²) in [6.45, 7) is 2.50. The number of anilines is 2. The summed E-state index contributed by atoms with van der Waals surface area (Å²) in [6.07, 6.45) is 5.73. The van der Waals surface area contributed by atoms with Gasteiger partial charge in [0.2, 0.25) is 12.2 Å². The largest absolute Gasteiger partial charge is 0.342 e. The minimum Gasteiger partial charge on any atom is -0.342 e. The first kappa shape index (κ1) is 16.4. The third-order valence-electron chi connectivity index (χ3n) is 3.48. The van der Waals surface area contributed by atoms with Crippen LogP contribution in [0.1, 0.15) is 12.8 Å². The van der Waals surface area contributed by atoms with Crippen molar-refractivity contribution < 1.29 is 4.52 Å². The lowest BCUT2D eigenvalue weighted by atomic mass is 10.2. The van der Waals surface area contributed by atoms with Crippen molar-refractivity contribution in [2.75, 3.05) is 18.4 Å². The highest BCUT2D eigenvalue weighted by Crippen LogP contribution is 2.24. The summed E-state index contributed by atoms with van der Waals surface area (Å²) >= 11 is 6.06. The van der Waals surface area contributed by atoms with Crippen molar-refractivity contribution in [2.24, 2.45) is 0 Å². The van der Waals surface area contributed by atoms with Crippen LogP contribution in [0.25, 0.3) is 11.4 Å². The molecule has 3 aromatic rings. The van der Waals surface area contributed by atoms with Crippen LogP contribution in [0.15, 0.2) is 53.5 Å². The standard InChI is InChI=1S/C13H9ClN4O.C4H9N/c14-10-3-1-2-4-11(10)17-12-6-5-9(7-15-12)13-16-8-19-18-13;1-2-4-5-3-1/h1-8H,(H,15,17);5H,1-4H2. The number of halogens is 1. The van der Waals surface area contributed by atoms with E-state index >= 15 is 0 Å². The van der Waals surface area contributed by atoms with Crippen LogP contribution in [0.2, 0.25) is 5.02 Å². The van der Waals surface area contributed by atoms with Gasteiger partial charge in [0.15, 0.2) is 0 Å². The van der Waals surface area contributed by atoms with Gasteiger partial charge in [-0.15, -0.1) is 0 Å². The Balaban J connectivity index is 0.000000290. The number of benzene rings is 1.